The number of anilines is 1. The van der Waals surface area contributed by atoms with Crippen molar-refractivity contribution >= 4 is 27.6 Å². The second kappa shape index (κ2) is 4.41. The summed E-state index contributed by atoms with van der Waals surface area (Å²) < 4.78 is 13.8. The van der Waals surface area contributed by atoms with E-state index >= 15 is 0 Å². The minimum atomic E-state index is -0.463. The second-order valence-corrected chi connectivity index (χ2v) is 3.86. The standard InChI is InChI=1S/C9H10BrFN2O/c1-13(2)9(14)12-8-4-3-6(10)5-7(8)11/h3-5H,1-2H3,(H,12,14). The number of carbonyl (C=O) groups excluding carboxylic acids is 1. The Kier molecular flexibility index (Phi) is 3.46. The van der Waals surface area contributed by atoms with Gasteiger partial charge in [0.25, 0.3) is 0 Å². The van der Waals surface area contributed by atoms with Crippen LogP contribution in [0.3, 0.4) is 0 Å². The first-order valence-corrected chi connectivity index (χ1v) is 4.73. The highest BCUT2D eigenvalue weighted by Gasteiger charge is 2.07. The molecule has 1 N–H and O–H groups in total. The van der Waals surface area contributed by atoms with E-state index in [1.165, 1.54) is 17.0 Å². The molecule has 1 rings (SSSR count). The van der Waals surface area contributed by atoms with Crippen LogP contribution in [-0.4, -0.2) is 25.0 Å². The summed E-state index contributed by atoms with van der Waals surface area (Å²) >= 11 is 3.13. The van der Waals surface area contributed by atoms with Gasteiger partial charge in [-0.1, -0.05) is 15.9 Å². The molecule has 0 bridgehead atoms. The van der Waals surface area contributed by atoms with E-state index in [4.69, 9.17) is 0 Å². The van der Waals surface area contributed by atoms with Gasteiger partial charge < -0.3 is 10.2 Å². The summed E-state index contributed by atoms with van der Waals surface area (Å²) in [4.78, 5) is 12.5. The zero-order valence-electron chi connectivity index (χ0n) is 7.84. The molecule has 2 amide bonds. The van der Waals surface area contributed by atoms with Crippen molar-refractivity contribution in [3.05, 3.63) is 28.5 Å². The van der Waals surface area contributed by atoms with E-state index < -0.39 is 5.82 Å². The number of urea groups is 1. The molecule has 5 heteroatoms. The van der Waals surface area contributed by atoms with Gasteiger partial charge in [0, 0.05) is 18.6 Å². The number of nitrogens with zero attached hydrogens (tertiary/aromatic N) is 1. The van der Waals surface area contributed by atoms with Gasteiger partial charge in [-0.2, -0.15) is 0 Å². The number of amides is 2. The van der Waals surface area contributed by atoms with Gasteiger partial charge in [-0.05, 0) is 18.2 Å². The summed E-state index contributed by atoms with van der Waals surface area (Å²) in [5.41, 5.74) is 0.173. The van der Waals surface area contributed by atoms with Gasteiger partial charge in [-0.25, -0.2) is 9.18 Å². The van der Waals surface area contributed by atoms with Crippen LogP contribution in [0.4, 0.5) is 14.9 Å². The van der Waals surface area contributed by atoms with Crippen LogP contribution in [0, 0.1) is 5.82 Å². The van der Waals surface area contributed by atoms with Crippen LogP contribution in [0.2, 0.25) is 0 Å². The Morgan fingerprint density at radius 3 is 2.64 bits per heavy atom. The molecule has 76 valence electrons. The molecule has 0 saturated heterocycles. The molecule has 0 fully saturated rings. The van der Waals surface area contributed by atoms with Crippen LogP contribution in [0.5, 0.6) is 0 Å². The number of halogens is 2. The maximum absolute atomic E-state index is 13.2. The van der Waals surface area contributed by atoms with Crippen molar-refractivity contribution in [2.24, 2.45) is 0 Å². The van der Waals surface area contributed by atoms with Crippen LogP contribution < -0.4 is 5.32 Å². The fourth-order valence-corrected chi connectivity index (χ4v) is 1.15. The molecule has 0 radical (unpaired) electrons. The Balaban J connectivity index is 2.82. The molecular formula is C9H10BrFN2O. The van der Waals surface area contributed by atoms with Crippen LogP contribution in [0.15, 0.2) is 22.7 Å². The molecule has 0 unspecified atom stereocenters. The fourth-order valence-electron chi connectivity index (χ4n) is 0.818. The summed E-state index contributed by atoms with van der Waals surface area (Å²) in [6.45, 7) is 0. The first kappa shape index (κ1) is 11.0. The molecular weight excluding hydrogens is 251 g/mol. The molecule has 14 heavy (non-hydrogen) atoms. The summed E-state index contributed by atoms with van der Waals surface area (Å²) in [7, 11) is 3.18. The SMILES string of the molecule is CN(C)C(=O)Nc1ccc(Br)cc1F. The Hall–Kier alpha value is -1.10. The van der Waals surface area contributed by atoms with Crippen LogP contribution in [0.1, 0.15) is 0 Å². The van der Waals surface area contributed by atoms with Gasteiger partial charge in [-0.15, -0.1) is 0 Å². The van der Waals surface area contributed by atoms with Crippen LogP contribution >= 0.6 is 15.9 Å². The largest absolute Gasteiger partial charge is 0.331 e. The van der Waals surface area contributed by atoms with Crippen molar-refractivity contribution in [3.63, 3.8) is 0 Å². The highest BCUT2D eigenvalue weighted by atomic mass is 79.9. The van der Waals surface area contributed by atoms with Gasteiger partial charge >= 0.3 is 6.03 Å². The molecule has 0 saturated carbocycles. The highest BCUT2D eigenvalue weighted by Crippen LogP contribution is 2.19. The van der Waals surface area contributed by atoms with E-state index in [0.29, 0.717) is 4.47 Å². The van der Waals surface area contributed by atoms with Crippen molar-refractivity contribution in [1.82, 2.24) is 4.90 Å². The first-order valence-electron chi connectivity index (χ1n) is 3.94. The lowest BCUT2D eigenvalue weighted by Crippen LogP contribution is -2.27. The zero-order valence-corrected chi connectivity index (χ0v) is 9.43. The highest BCUT2D eigenvalue weighted by molar-refractivity contribution is 9.10. The lowest BCUT2D eigenvalue weighted by molar-refractivity contribution is 0.230. The van der Waals surface area contributed by atoms with Crippen LogP contribution in [-0.2, 0) is 0 Å². The Morgan fingerprint density at radius 2 is 2.14 bits per heavy atom. The van der Waals surface area contributed by atoms with Gasteiger partial charge in [0.2, 0.25) is 0 Å². The molecule has 1 aromatic carbocycles. The summed E-state index contributed by atoms with van der Waals surface area (Å²) in [6.07, 6.45) is 0. The van der Waals surface area contributed by atoms with E-state index in [2.05, 4.69) is 21.2 Å². The molecule has 0 aliphatic heterocycles. The van der Waals surface area contributed by atoms with Gasteiger partial charge in [-0.3, -0.25) is 0 Å². The predicted molar refractivity (Wildman–Crippen MR) is 56.8 cm³/mol. The second-order valence-electron chi connectivity index (χ2n) is 2.95. The maximum atomic E-state index is 13.2. The number of nitrogens with one attached hydrogen (secondary N) is 1. The molecule has 3 nitrogen and oxygen atoms in total. The summed E-state index contributed by atoms with van der Waals surface area (Å²) in [6, 6.07) is 4.10. The van der Waals surface area contributed by atoms with E-state index in [-0.39, 0.29) is 11.7 Å². The van der Waals surface area contributed by atoms with Crippen molar-refractivity contribution < 1.29 is 9.18 Å². The van der Waals surface area contributed by atoms with Gasteiger partial charge in [0.05, 0.1) is 5.69 Å². The number of benzene rings is 1. The van der Waals surface area contributed by atoms with Crippen molar-refractivity contribution in [1.29, 1.82) is 0 Å². The average Bonchev–Trinajstić information content (AvgIpc) is 2.09. The minimum Gasteiger partial charge on any atom is -0.331 e. The predicted octanol–water partition coefficient (Wildman–Crippen LogP) is 2.68. The number of carbonyl (C=O) groups is 1. The Bertz CT molecular complexity index is 355. The summed E-state index contributed by atoms with van der Waals surface area (Å²) in [5.74, 6) is -0.463. The van der Waals surface area contributed by atoms with E-state index in [1.54, 1.807) is 20.2 Å². The van der Waals surface area contributed by atoms with Crippen molar-refractivity contribution in [2.75, 3.05) is 19.4 Å². The van der Waals surface area contributed by atoms with E-state index in [9.17, 15) is 9.18 Å². The lowest BCUT2D eigenvalue weighted by atomic mass is 10.3. The molecule has 0 aromatic heterocycles. The molecule has 0 aliphatic rings. The summed E-state index contributed by atoms with van der Waals surface area (Å²) in [5, 5.41) is 2.43. The lowest BCUT2D eigenvalue weighted by Gasteiger charge is -2.12. The number of hydrogen-bond acceptors (Lipinski definition) is 1. The van der Waals surface area contributed by atoms with Gasteiger partial charge in [0.15, 0.2) is 0 Å². The average molecular weight is 261 g/mol. The third-order valence-corrected chi connectivity index (χ3v) is 2.07. The third kappa shape index (κ3) is 2.70. The minimum absolute atomic E-state index is 0.173. The van der Waals surface area contributed by atoms with Crippen molar-refractivity contribution in [3.8, 4) is 0 Å². The molecule has 0 atom stereocenters. The quantitative estimate of drug-likeness (QED) is 0.828. The molecule has 0 aliphatic carbocycles. The van der Waals surface area contributed by atoms with E-state index in [1.807, 2.05) is 0 Å². The number of hydrogen-bond donors (Lipinski definition) is 1. The molecule has 0 heterocycles. The third-order valence-electron chi connectivity index (χ3n) is 1.58. The monoisotopic (exact) mass is 260 g/mol. The fraction of sp³-hybridized carbons (Fsp3) is 0.222. The maximum Gasteiger partial charge on any atom is 0.321 e. The number of rotatable bonds is 1. The normalized spacial score (nSPS) is 9.71. The van der Waals surface area contributed by atoms with Gasteiger partial charge in [0.1, 0.15) is 5.82 Å². The van der Waals surface area contributed by atoms with E-state index in [0.717, 1.165) is 0 Å². The van der Waals surface area contributed by atoms with Crippen LogP contribution in [0.25, 0.3) is 0 Å². The molecule has 0 spiro atoms. The molecule has 1 aromatic rings. The zero-order chi connectivity index (χ0) is 10.7. The smallest absolute Gasteiger partial charge is 0.321 e. The topological polar surface area (TPSA) is 32.3 Å². The first-order chi connectivity index (χ1) is 6.50. The Morgan fingerprint density at radius 1 is 1.50 bits per heavy atom. The van der Waals surface area contributed by atoms with Crippen molar-refractivity contribution in [2.45, 2.75) is 0 Å². The Labute approximate surface area is 90.0 Å².